The van der Waals surface area contributed by atoms with Gasteiger partial charge in [-0.05, 0) is 104 Å². The summed E-state index contributed by atoms with van der Waals surface area (Å²) in [4.78, 5) is 9.27. The zero-order chi connectivity index (χ0) is 25.5. The van der Waals surface area contributed by atoms with Crippen molar-refractivity contribution in [2.24, 2.45) is 0 Å². The van der Waals surface area contributed by atoms with Gasteiger partial charge >= 0.3 is 0 Å². The molecule has 2 unspecified atom stereocenters. The summed E-state index contributed by atoms with van der Waals surface area (Å²) < 4.78 is 6.77. The van der Waals surface area contributed by atoms with Crippen molar-refractivity contribution in [2.45, 2.75) is 92.3 Å². The van der Waals surface area contributed by atoms with Gasteiger partial charge in [0.1, 0.15) is 12.2 Å². The first-order chi connectivity index (χ1) is 16.8. The van der Waals surface area contributed by atoms with Crippen LogP contribution >= 0.6 is 0 Å². The molecule has 0 N–H and O–H groups in total. The van der Waals surface area contributed by atoms with Gasteiger partial charge in [0.05, 0.1) is 11.4 Å². The lowest BCUT2D eigenvalue weighted by Crippen LogP contribution is -2.12. The number of ether oxygens (including phenoxy) is 1. The molecule has 0 fully saturated rings. The smallest absolute Gasteiger partial charge is 0.104 e. The molecule has 0 aliphatic carbocycles. The molecule has 0 aromatic carbocycles. The third-order valence-electron chi connectivity index (χ3n) is 5.91. The van der Waals surface area contributed by atoms with Gasteiger partial charge in [0, 0.05) is 12.4 Å². The largest absolute Gasteiger partial charge is 0.362 e. The Morgan fingerprint density at radius 2 is 1.09 bits per heavy atom. The molecule has 35 heavy (non-hydrogen) atoms. The topological polar surface area (TPSA) is 35.0 Å². The van der Waals surface area contributed by atoms with Gasteiger partial charge in [0.15, 0.2) is 0 Å². The van der Waals surface area contributed by atoms with E-state index >= 15 is 0 Å². The van der Waals surface area contributed by atoms with Gasteiger partial charge in [-0.15, -0.1) is 0 Å². The average molecular weight is 473 g/mol. The summed E-state index contributed by atoms with van der Waals surface area (Å²) in [5.41, 5.74) is 7.44. The molecule has 0 aliphatic heterocycles. The molecule has 2 atom stereocenters. The number of rotatable bonds is 14. The molecule has 2 rings (SSSR count). The van der Waals surface area contributed by atoms with Crippen LogP contribution in [0.2, 0.25) is 0 Å². The summed E-state index contributed by atoms with van der Waals surface area (Å²) in [6.07, 6.45) is 18.6. The third kappa shape index (κ3) is 12.0. The zero-order valence-corrected chi connectivity index (χ0v) is 22.6. The molecule has 0 saturated heterocycles. The van der Waals surface area contributed by atoms with Gasteiger partial charge in [0.25, 0.3) is 0 Å². The Morgan fingerprint density at radius 1 is 0.657 bits per heavy atom. The van der Waals surface area contributed by atoms with Crippen molar-refractivity contribution in [1.29, 1.82) is 0 Å². The highest BCUT2D eigenvalue weighted by atomic mass is 16.5. The van der Waals surface area contributed by atoms with E-state index in [4.69, 9.17) is 4.74 Å². The van der Waals surface area contributed by atoms with E-state index in [-0.39, 0.29) is 12.2 Å². The van der Waals surface area contributed by atoms with Crippen LogP contribution in [-0.2, 0) is 4.74 Å². The molecular weight excluding hydrogens is 428 g/mol. The molecule has 0 saturated carbocycles. The van der Waals surface area contributed by atoms with Crippen LogP contribution in [0.3, 0.4) is 0 Å². The Hall–Kier alpha value is -2.78. The second-order valence-corrected chi connectivity index (χ2v) is 9.84. The molecule has 2 aromatic heterocycles. The highest BCUT2D eigenvalue weighted by molar-refractivity contribution is 5.14. The van der Waals surface area contributed by atoms with Gasteiger partial charge in [-0.1, -0.05) is 58.7 Å². The minimum Gasteiger partial charge on any atom is -0.362 e. The van der Waals surface area contributed by atoms with E-state index in [9.17, 15) is 0 Å². The summed E-state index contributed by atoms with van der Waals surface area (Å²) in [6, 6.07) is 12.1. The molecule has 2 heterocycles. The Morgan fingerprint density at radius 3 is 1.43 bits per heavy atom. The minimum absolute atomic E-state index is 0.124. The molecule has 2 aromatic rings. The minimum atomic E-state index is -0.124. The van der Waals surface area contributed by atoms with Gasteiger partial charge in [-0.3, -0.25) is 9.97 Å². The lowest BCUT2D eigenvalue weighted by atomic mass is 10.0. The molecule has 0 spiro atoms. The van der Waals surface area contributed by atoms with Crippen LogP contribution in [0.4, 0.5) is 0 Å². The number of hydrogen-bond acceptors (Lipinski definition) is 3. The highest BCUT2D eigenvalue weighted by Gasteiger charge is 2.20. The van der Waals surface area contributed by atoms with Gasteiger partial charge in [-0.25, -0.2) is 0 Å². The van der Waals surface area contributed by atoms with Crippen LogP contribution in [0.1, 0.15) is 104 Å². The molecule has 3 nitrogen and oxygen atoms in total. The van der Waals surface area contributed by atoms with Crippen molar-refractivity contribution >= 4 is 0 Å². The van der Waals surface area contributed by atoms with Crippen LogP contribution in [0.25, 0.3) is 0 Å². The van der Waals surface area contributed by atoms with E-state index in [1.165, 1.54) is 22.3 Å². The van der Waals surface area contributed by atoms with Crippen LogP contribution < -0.4 is 0 Å². The second-order valence-electron chi connectivity index (χ2n) is 9.84. The SMILES string of the molecule is CC(C)=CCCC(C)=CCC(OC(CC=C(C)CCC=C(C)C)c1ccccn1)c1ccccn1. The van der Waals surface area contributed by atoms with E-state index in [1.807, 2.05) is 36.7 Å². The number of aromatic nitrogens is 2. The standard InChI is InChI=1S/C32H44N2O/c1-25(2)13-11-15-27(5)19-21-31(29-17-7-9-23-33-29)35-32(30-18-8-10-24-34-30)22-20-28(6)16-12-14-26(3)4/h7-10,13-14,17-20,23-24,31-32H,11-12,15-16,21-22H2,1-6H3. The maximum absolute atomic E-state index is 6.77. The monoisotopic (exact) mass is 472 g/mol. The van der Waals surface area contributed by atoms with E-state index in [2.05, 4.69) is 87.9 Å². The Balaban J connectivity index is 2.20. The van der Waals surface area contributed by atoms with Crippen molar-refractivity contribution in [3.05, 3.63) is 107 Å². The normalized spacial score (nSPS) is 13.8. The Kier molecular flexibility index (Phi) is 13.0. The number of hydrogen-bond donors (Lipinski definition) is 0. The summed E-state index contributed by atoms with van der Waals surface area (Å²) >= 11 is 0. The number of nitrogens with zero attached hydrogens (tertiary/aromatic N) is 2. The van der Waals surface area contributed by atoms with Crippen molar-refractivity contribution in [1.82, 2.24) is 9.97 Å². The maximum Gasteiger partial charge on any atom is 0.104 e. The van der Waals surface area contributed by atoms with E-state index in [1.54, 1.807) is 0 Å². The maximum atomic E-state index is 6.77. The Bertz CT molecular complexity index is 897. The summed E-state index contributed by atoms with van der Waals surface area (Å²) in [5, 5.41) is 0. The summed E-state index contributed by atoms with van der Waals surface area (Å²) in [7, 11) is 0. The third-order valence-corrected chi connectivity index (χ3v) is 5.91. The number of pyridine rings is 2. The molecule has 0 bridgehead atoms. The molecule has 0 amide bonds. The van der Waals surface area contributed by atoms with Crippen molar-refractivity contribution in [3.8, 4) is 0 Å². The zero-order valence-electron chi connectivity index (χ0n) is 22.6. The van der Waals surface area contributed by atoms with Crippen LogP contribution in [0.5, 0.6) is 0 Å². The first-order valence-corrected chi connectivity index (χ1v) is 12.9. The molecule has 0 radical (unpaired) electrons. The van der Waals surface area contributed by atoms with Gasteiger partial charge in [-0.2, -0.15) is 0 Å². The van der Waals surface area contributed by atoms with Gasteiger partial charge in [0.2, 0.25) is 0 Å². The molecule has 0 aliphatic rings. The quantitative estimate of drug-likeness (QED) is 0.257. The fraction of sp³-hybridized carbons (Fsp3) is 0.438. The molecule has 188 valence electrons. The van der Waals surface area contributed by atoms with Crippen molar-refractivity contribution < 1.29 is 4.74 Å². The van der Waals surface area contributed by atoms with Crippen LogP contribution in [0.15, 0.2) is 95.4 Å². The second kappa shape index (κ2) is 16.0. The fourth-order valence-electron chi connectivity index (χ4n) is 3.82. The van der Waals surface area contributed by atoms with E-state index in [0.717, 1.165) is 49.9 Å². The predicted molar refractivity (Wildman–Crippen MR) is 149 cm³/mol. The predicted octanol–water partition coefficient (Wildman–Crippen LogP) is 9.44. The van der Waals surface area contributed by atoms with Crippen LogP contribution in [0, 0.1) is 0 Å². The van der Waals surface area contributed by atoms with Crippen molar-refractivity contribution in [2.75, 3.05) is 0 Å². The Labute approximate surface area is 213 Å². The van der Waals surface area contributed by atoms with E-state index in [0.29, 0.717) is 0 Å². The molecule has 3 heteroatoms. The first kappa shape index (κ1) is 28.5. The van der Waals surface area contributed by atoms with Crippen LogP contribution in [-0.4, -0.2) is 9.97 Å². The van der Waals surface area contributed by atoms with Gasteiger partial charge < -0.3 is 4.74 Å². The average Bonchev–Trinajstić information content (AvgIpc) is 2.84. The highest BCUT2D eigenvalue weighted by Crippen LogP contribution is 2.31. The molecular formula is C32H44N2O. The number of allylic oxidation sites excluding steroid dienone is 6. The lowest BCUT2D eigenvalue weighted by Gasteiger charge is -2.23. The lowest BCUT2D eigenvalue weighted by molar-refractivity contribution is -0.0167. The first-order valence-electron chi connectivity index (χ1n) is 12.9. The summed E-state index contributed by atoms with van der Waals surface area (Å²) in [5.74, 6) is 0. The van der Waals surface area contributed by atoms with E-state index < -0.39 is 0 Å². The summed E-state index contributed by atoms with van der Waals surface area (Å²) in [6.45, 7) is 13.0. The van der Waals surface area contributed by atoms with Crippen molar-refractivity contribution in [3.63, 3.8) is 0 Å². The fourth-order valence-corrected chi connectivity index (χ4v) is 3.82.